The van der Waals surface area contributed by atoms with E-state index in [1.807, 2.05) is 6.07 Å². The van der Waals surface area contributed by atoms with Crippen molar-refractivity contribution in [2.45, 2.75) is 78.6 Å². The van der Waals surface area contributed by atoms with Crippen LogP contribution in [0, 0.1) is 41.2 Å². The van der Waals surface area contributed by atoms with Gasteiger partial charge in [0.1, 0.15) is 0 Å². The first kappa shape index (κ1) is 34.3. The van der Waals surface area contributed by atoms with Crippen molar-refractivity contribution in [3.63, 3.8) is 0 Å². The maximum Gasteiger partial charge on any atom is -0.0253 e. The average Bonchev–Trinajstić information content (AvgIpc) is 3.50. The predicted molar refractivity (Wildman–Crippen MR) is 169 cm³/mol. The molecule has 4 fully saturated rings. The van der Waals surface area contributed by atoms with Crippen molar-refractivity contribution in [3.05, 3.63) is 119 Å². The normalized spacial score (nSPS) is 26.6. The molecule has 0 heterocycles. The monoisotopic (exact) mass is 684 g/mol. The summed E-state index contributed by atoms with van der Waals surface area (Å²) in [4.78, 5) is 0. The van der Waals surface area contributed by atoms with Crippen molar-refractivity contribution in [2.75, 3.05) is 0 Å². The fraction of sp³-hybridized carbons (Fsp3) is 0.425. The fourth-order valence-electron chi connectivity index (χ4n) is 8.85. The van der Waals surface area contributed by atoms with Gasteiger partial charge in [0.25, 0.3) is 0 Å². The molecule has 3 aromatic carbocycles. The minimum absolute atomic E-state index is 0. The zero-order valence-corrected chi connectivity index (χ0v) is 29.9. The Labute approximate surface area is 288 Å². The van der Waals surface area contributed by atoms with Crippen LogP contribution in [0.4, 0.5) is 0 Å². The summed E-state index contributed by atoms with van der Waals surface area (Å²) in [5, 5.41) is 0. The molecule has 6 aliphatic rings. The van der Waals surface area contributed by atoms with Crippen molar-refractivity contribution in [1.29, 1.82) is 0 Å². The van der Waals surface area contributed by atoms with Gasteiger partial charge >= 0.3 is 76.7 Å². The Morgan fingerprint density at radius 2 is 1.44 bits per heavy atom. The number of hydrogen-bond donors (Lipinski definition) is 0. The van der Waals surface area contributed by atoms with E-state index in [9.17, 15) is 0 Å². The Bertz CT molecular complexity index is 1370. The van der Waals surface area contributed by atoms with Gasteiger partial charge in [-0.15, -0.1) is 5.56 Å². The minimum atomic E-state index is 0. The van der Waals surface area contributed by atoms with Crippen LogP contribution in [0.5, 0.6) is 0 Å². The van der Waals surface area contributed by atoms with Crippen LogP contribution in [-0.2, 0) is 30.7 Å². The molecule has 0 aliphatic heterocycles. The van der Waals surface area contributed by atoms with Gasteiger partial charge in [0.2, 0.25) is 0 Å². The molecule has 1 atom stereocenters. The molecule has 0 saturated heterocycles. The van der Waals surface area contributed by atoms with Crippen molar-refractivity contribution in [3.8, 4) is 11.1 Å². The van der Waals surface area contributed by atoms with Gasteiger partial charge in [0, 0.05) is 0 Å². The van der Waals surface area contributed by atoms with Crippen molar-refractivity contribution in [2.24, 2.45) is 29.1 Å². The van der Waals surface area contributed by atoms with Crippen LogP contribution in [0.2, 0.25) is 0 Å². The first-order valence-electron chi connectivity index (χ1n) is 15.9. The van der Waals surface area contributed by atoms with Gasteiger partial charge in [0.05, 0.1) is 0 Å². The quantitative estimate of drug-likeness (QED) is 0.284. The zero-order valence-electron chi connectivity index (χ0n) is 25.9. The van der Waals surface area contributed by atoms with Crippen LogP contribution in [0.15, 0.2) is 90.0 Å². The summed E-state index contributed by atoms with van der Waals surface area (Å²) in [7, 11) is 0. The molecule has 224 valence electrons. The molecule has 0 spiro atoms. The molecule has 0 amide bonds. The van der Waals surface area contributed by atoms with Crippen LogP contribution in [0.3, 0.4) is 0 Å². The second-order valence-electron chi connectivity index (χ2n) is 13.4. The number of rotatable bonds is 4. The average molecular weight is 687 g/mol. The van der Waals surface area contributed by atoms with Gasteiger partial charge in [-0.3, -0.25) is 6.08 Å². The Morgan fingerprint density at radius 3 is 2.05 bits per heavy atom. The van der Waals surface area contributed by atoms with Crippen LogP contribution >= 0.6 is 0 Å². The molecule has 6 aliphatic carbocycles. The van der Waals surface area contributed by atoms with Gasteiger partial charge in [-0.05, 0) is 68.1 Å². The standard InChI is InChI=1S/C18H25.C13H9.C9H10.2ClH.Zr/c1-12-3-13(2)17(4-12)11-18-8-14-5-15(9-18)7-16(6-14)10-18;1-3-7-12-10(5-1)9-11-6-2-4-8-13(11)12;1-2-6-9-7-4-3-5-8-9;;;/h4,12,14-16H,5-11H2,1-2H3;1-5,7-8H,9H2;3-5,7-8H,2H2,1H3;2*1H;/q2*-1;;;;+2/p-2. The van der Waals surface area contributed by atoms with E-state index < -0.39 is 0 Å². The maximum atomic E-state index is 3.57. The summed E-state index contributed by atoms with van der Waals surface area (Å²) in [5.74, 6) is 3.82. The van der Waals surface area contributed by atoms with E-state index in [1.54, 1.807) is 47.3 Å². The summed E-state index contributed by atoms with van der Waals surface area (Å²) in [6, 6.07) is 28.7. The Kier molecular flexibility index (Phi) is 12.1. The Morgan fingerprint density at radius 1 is 0.837 bits per heavy atom. The molecule has 0 nitrogen and oxygen atoms in total. The Hall–Kier alpha value is -1.53. The van der Waals surface area contributed by atoms with Gasteiger partial charge in [-0.25, -0.2) is 5.57 Å². The number of hydrogen-bond acceptors (Lipinski definition) is 0. The fourth-order valence-corrected chi connectivity index (χ4v) is 9.26. The third-order valence-corrected chi connectivity index (χ3v) is 11.8. The second-order valence-corrected chi connectivity index (χ2v) is 14.9. The summed E-state index contributed by atoms with van der Waals surface area (Å²) >= 11 is 1.54. The molecule has 4 bridgehead atoms. The van der Waals surface area contributed by atoms with Gasteiger partial charge in [0.15, 0.2) is 0 Å². The van der Waals surface area contributed by atoms with E-state index in [0.29, 0.717) is 11.3 Å². The zero-order chi connectivity index (χ0) is 28.4. The van der Waals surface area contributed by atoms with Crippen molar-refractivity contribution >= 4 is 3.21 Å². The molecule has 1 unspecified atom stereocenters. The first-order valence-corrected chi connectivity index (χ1v) is 17.2. The summed E-state index contributed by atoms with van der Waals surface area (Å²) in [6.45, 7) is 6.75. The van der Waals surface area contributed by atoms with E-state index in [-0.39, 0.29) is 24.8 Å². The molecule has 3 aromatic rings. The Balaban J connectivity index is 0.000000151. The van der Waals surface area contributed by atoms with Crippen molar-refractivity contribution in [1.82, 2.24) is 0 Å². The van der Waals surface area contributed by atoms with E-state index in [4.69, 9.17) is 0 Å². The van der Waals surface area contributed by atoms with E-state index in [2.05, 4.69) is 106 Å². The molecular formula is C40H44Cl2Zr-2. The predicted octanol–water partition coefficient (Wildman–Crippen LogP) is 4.15. The van der Waals surface area contributed by atoms with Crippen LogP contribution in [0.25, 0.3) is 11.1 Å². The molecule has 4 saturated carbocycles. The van der Waals surface area contributed by atoms with Crippen LogP contribution in [-0.4, -0.2) is 3.21 Å². The number of fused-ring (bicyclic) bond motifs is 3. The molecule has 3 heteroatoms. The third-order valence-electron chi connectivity index (χ3n) is 10.2. The van der Waals surface area contributed by atoms with Gasteiger partial charge < -0.3 is 24.8 Å². The molecule has 0 N–H and O–H groups in total. The van der Waals surface area contributed by atoms with Gasteiger partial charge in [-0.1, -0.05) is 61.6 Å². The molecule has 0 radical (unpaired) electrons. The molecule has 0 aromatic heterocycles. The molecule has 9 rings (SSSR count). The number of halogens is 2. The second kappa shape index (κ2) is 15.2. The van der Waals surface area contributed by atoms with Crippen LogP contribution in [0.1, 0.15) is 88.8 Å². The molecular weight excluding hydrogens is 643 g/mol. The number of benzene rings is 3. The summed E-state index contributed by atoms with van der Waals surface area (Å²) in [5.41, 5.74) is 10.7. The number of allylic oxidation sites excluding steroid dienone is 4. The summed E-state index contributed by atoms with van der Waals surface area (Å²) in [6.07, 6.45) is 19.0. The SMILES string of the molecule is CC1=[C-]C(C)C=C1CC12CC3CC(CC(C3)C1)C2.CC[C](=[Zr+2])c1ccccc1.[Cl-].[Cl-].[c-]1cccc2c1Cc1ccccc1-2. The first-order chi connectivity index (χ1) is 19.9. The molecule has 43 heavy (non-hydrogen) atoms. The summed E-state index contributed by atoms with van der Waals surface area (Å²) < 4.78 is 1.55. The van der Waals surface area contributed by atoms with E-state index in [0.717, 1.165) is 24.2 Å². The van der Waals surface area contributed by atoms with E-state index >= 15 is 0 Å². The maximum absolute atomic E-state index is 3.57. The van der Waals surface area contributed by atoms with Gasteiger partial charge in [-0.2, -0.15) is 41.5 Å². The van der Waals surface area contributed by atoms with Crippen molar-refractivity contribution < 1.29 is 49.0 Å². The topological polar surface area (TPSA) is 0 Å². The largest absolute Gasteiger partial charge is 1.00 e. The smallest absolute Gasteiger partial charge is 0.0253 e. The van der Waals surface area contributed by atoms with Crippen LogP contribution < -0.4 is 24.8 Å². The van der Waals surface area contributed by atoms with E-state index in [1.165, 1.54) is 70.5 Å². The minimum Gasteiger partial charge on any atom is -1.00 e. The third kappa shape index (κ3) is 8.01.